The van der Waals surface area contributed by atoms with E-state index in [4.69, 9.17) is 0 Å². The van der Waals surface area contributed by atoms with Crippen LogP contribution in [-0.4, -0.2) is 13.1 Å². The average Bonchev–Trinajstić information content (AvgIpc) is 3.04. The molecule has 0 bridgehead atoms. The third-order valence-corrected chi connectivity index (χ3v) is 5.34. The average molecular weight is 265 g/mol. The molecule has 18 heavy (non-hydrogen) atoms. The zero-order valence-corrected chi connectivity index (χ0v) is 12.5. The first-order chi connectivity index (χ1) is 8.85. The first-order valence-electron chi connectivity index (χ1n) is 7.58. The predicted molar refractivity (Wildman–Crippen MR) is 81.3 cm³/mol. The summed E-state index contributed by atoms with van der Waals surface area (Å²) >= 11 is 1.92. The Labute approximate surface area is 116 Å². The first kappa shape index (κ1) is 14.1. The molecule has 1 nitrogen and oxygen atoms in total. The number of rotatable bonds is 8. The summed E-state index contributed by atoms with van der Waals surface area (Å²) in [6.45, 7) is 4.65. The normalized spacial score (nSPS) is 18.3. The highest BCUT2D eigenvalue weighted by molar-refractivity contribution is 7.09. The largest absolute Gasteiger partial charge is 0.317 e. The number of aryl methyl sites for hydroxylation is 1. The summed E-state index contributed by atoms with van der Waals surface area (Å²) in [5.41, 5.74) is 0.657. The number of hydrogen-bond acceptors (Lipinski definition) is 2. The molecule has 1 fully saturated rings. The summed E-state index contributed by atoms with van der Waals surface area (Å²) in [7, 11) is 0. The molecular formula is C16H27NS. The lowest BCUT2D eigenvalue weighted by Gasteiger charge is -2.29. The van der Waals surface area contributed by atoms with E-state index in [1.807, 2.05) is 11.3 Å². The van der Waals surface area contributed by atoms with Crippen molar-refractivity contribution in [3.8, 4) is 0 Å². The molecule has 0 atom stereocenters. The second kappa shape index (κ2) is 7.30. The maximum absolute atomic E-state index is 3.58. The molecule has 0 amide bonds. The van der Waals surface area contributed by atoms with Gasteiger partial charge in [-0.05, 0) is 68.5 Å². The lowest BCUT2D eigenvalue weighted by atomic mass is 9.78. The van der Waals surface area contributed by atoms with E-state index in [9.17, 15) is 0 Å². The van der Waals surface area contributed by atoms with Crippen molar-refractivity contribution in [1.29, 1.82) is 0 Å². The highest BCUT2D eigenvalue weighted by atomic mass is 32.1. The Morgan fingerprint density at radius 3 is 2.72 bits per heavy atom. The lowest BCUT2D eigenvalue weighted by Crippen LogP contribution is -2.25. The zero-order chi connectivity index (χ0) is 12.7. The van der Waals surface area contributed by atoms with Crippen LogP contribution in [-0.2, 0) is 6.42 Å². The maximum atomic E-state index is 3.58. The van der Waals surface area contributed by atoms with Gasteiger partial charge in [0.05, 0.1) is 0 Å². The van der Waals surface area contributed by atoms with Gasteiger partial charge in [0, 0.05) is 4.88 Å². The van der Waals surface area contributed by atoms with Crippen LogP contribution in [0.15, 0.2) is 17.5 Å². The van der Waals surface area contributed by atoms with Gasteiger partial charge in [0.2, 0.25) is 0 Å². The van der Waals surface area contributed by atoms with Crippen molar-refractivity contribution in [2.75, 3.05) is 13.1 Å². The van der Waals surface area contributed by atoms with E-state index >= 15 is 0 Å². The molecule has 0 aliphatic heterocycles. The minimum atomic E-state index is 0.657. The molecule has 1 aliphatic carbocycles. The molecular weight excluding hydrogens is 238 g/mol. The van der Waals surface area contributed by atoms with Crippen LogP contribution in [0.1, 0.15) is 56.7 Å². The van der Waals surface area contributed by atoms with Crippen LogP contribution in [0.4, 0.5) is 0 Å². The van der Waals surface area contributed by atoms with Crippen LogP contribution < -0.4 is 5.32 Å². The van der Waals surface area contributed by atoms with E-state index < -0.39 is 0 Å². The van der Waals surface area contributed by atoms with Crippen LogP contribution in [0.25, 0.3) is 0 Å². The van der Waals surface area contributed by atoms with Crippen molar-refractivity contribution in [2.45, 2.75) is 58.3 Å². The highest BCUT2D eigenvalue weighted by Crippen LogP contribution is 2.44. The first-order valence-corrected chi connectivity index (χ1v) is 8.46. The molecule has 0 aromatic carbocycles. The fourth-order valence-corrected chi connectivity index (χ4v) is 3.96. The third kappa shape index (κ3) is 4.10. The number of nitrogens with one attached hydrogen (secondary N) is 1. The second-order valence-electron chi connectivity index (χ2n) is 5.79. The molecule has 0 saturated heterocycles. The zero-order valence-electron chi connectivity index (χ0n) is 11.7. The Balaban J connectivity index is 1.78. The molecule has 1 aromatic rings. The Morgan fingerprint density at radius 1 is 1.22 bits per heavy atom. The summed E-state index contributed by atoms with van der Waals surface area (Å²) < 4.78 is 0. The predicted octanol–water partition coefficient (Wildman–Crippen LogP) is 4.63. The maximum Gasteiger partial charge on any atom is 0.00454 e. The lowest BCUT2D eigenvalue weighted by molar-refractivity contribution is 0.246. The van der Waals surface area contributed by atoms with Gasteiger partial charge in [0.1, 0.15) is 0 Å². The molecule has 2 heteroatoms. The van der Waals surface area contributed by atoms with Gasteiger partial charge in [-0.25, -0.2) is 0 Å². The highest BCUT2D eigenvalue weighted by Gasteiger charge is 2.32. The van der Waals surface area contributed by atoms with E-state index in [1.165, 1.54) is 64.5 Å². The van der Waals surface area contributed by atoms with Gasteiger partial charge in [-0.1, -0.05) is 25.8 Å². The van der Waals surface area contributed by atoms with Crippen LogP contribution in [0.5, 0.6) is 0 Å². The van der Waals surface area contributed by atoms with Gasteiger partial charge in [0.25, 0.3) is 0 Å². The van der Waals surface area contributed by atoms with Crippen molar-refractivity contribution in [3.63, 3.8) is 0 Å². The van der Waals surface area contributed by atoms with Crippen LogP contribution >= 0.6 is 11.3 Å². The molecule has 2 rings (SSSR count). The molecule has 1 saturated carbocycles. The van der Waals surface area contributed by atoms with Crippen LogP contribution in [0.3, 0.4) is 0 Å². The second-order valence-corrected chi connectivity index (χ2v) is 6.82. The Hall–Kier alpha value is -0.340. The molecule has 1 N–H and O–H groups in total. The van der Waals surface area contributed by atoms with E-state index in [0.717, 1.165) is 0 Å². The van der Waals surface area contributed by atoms with Crippen molar-refractivity contribution in [2.24, 2.45) is 5.41 Å². The number of thiophene rings is 1. The minimum Gasteiger partial charge on any atom is -0.317 e. The fraction of sp³-hybridized carbons (Fsp3) is 0.750. The van der Waals surface area contributed by atoms with Crippen LogP contribution in [0, 0.1) is 5.41 Å². The summed E-state index contributed by atoms with van der Waals surface area (Å²) in [4.78, 5) is 1.57. The van der Waals surface area contributed by atoms with Gasteiger partial charge in [-0.2, -0.15) is 0 Å². The fourth-order valence-electron chi connectivity index (χ4n) is 3.25. The Kier molecular flexibility index (Phi) is 5.71. The van der Waals surface area contributed by atoms with Crippen molar-refractivity contribution in [3.05, 3.63) is 22.4 Å². The molecule has 0 radical (unpaired) electrons. The quantitative estimate of drug-likeness (QED) is 0.676. The van der Waals surface area contributed by atoms with Gasteiger partial charge >= 0.3 is 0 Å². The Bertz CT molecular complexity index is 312. The number of hydrogen-bond donors (Lipinski definition) is 1. The van der Waals surface area contributed by atoms with E-state index in [-0.39, 0.29) is 0 Å². The molecule has 1 aliphatic rings. The van der Waals surface area contributed by atoms with E-state index in [1.54, 1.807) is 4.88 Å². The molecule has 1 heterocycles. The monoisotopic (exact) mass is 265 g/mol. The molecule has 102 valence electrons. The summed E-state index contributed by atoms with van der Waals surface area (Å²) in [6.07, 6.45) is 11.2. The van der Waals surface area contributed by atoms with Crippen molar-refractivity contribution >= 4 is 11.3 Å². The topological polar surface area (TPSA) is 12.0 Å². The minimum absolute atomic E-state index is 0.657. The summed E-state index contributed by atoms with van der Waals surface area (Å²) in [6, 6.07) is 4.48. The SMILES string of the molecule is CCCNCCC1(CCc2cccs2)CCCC1. The smallest absolute Gasteiger partial charge is 0.00454 e. The molecule has 0 spiro atoms. The third-order valence-electron chi connectivity index (χ3n) is 4.40. The van der Waals surface area contributed by atoms with Gasteiger partial charge in [0.15, 0.2) is 0 Å². The summed E-state index contributed by atoms with van der Waals surface area (Å²) in [5.74, 6) is 0. The van der Waals surface area contributed by atoms with Crippen LogP contribution in [0.2, 0.25) is 0 Å². The van der Waals surface area contributed by atoms with Gasteiger partial charge < -0.3 is 5.32 Å². The van der Waals surface area contributed by atoms with Crippen molar-refractivity contribution < 1.29 is 0 Å². The van der Waals surface area contributed by atoms with Gasteiger partial charge in [-0.15, -0.1) is 11.3 Å². The van der Waals surface area contributed by atoms with Crippen molar-refractivity contribution in [1.82, 2.24) is 5.32 Å². The summed E-state index contributed by atoms with van der Waals surface area (Å²) in [5, 5.41) is 5.79. The van der Waals surface area contributed by atoms with E-state index in [0.29, 0.717) is 5.41 Å². The Morgan fingerprint density at radius 2 is 2.06 bits per heavy atom. The molecule has 0 unspecified atom stereocenters. The van der Waals surface area contributed by atoms with Gasteiger partial charge in [-0.3, -0.25) is 0 Å². The standard InChI is InChI=1S/C16H27NS/c1-2-12-17-13-11-16(8-3-4-9-16)10-7-15-6-5-14-18-15/h5-6,14,17H,2-4,7-13H2,1H3. The van der Waals surface area contributed by atoms with E-state index in [2.05, 4.69) is 29.8 Å². The molecule has 1 aromatic heterocycles.